The Kier molecular flexibility index (Phi) is 6.94. The Morgan fingerprint density at radius 2 is 2.04 bits per heavy atom. The number of piperidine rings is 1. The summed E-state index contributed by atoms with van der Waals surface area (Å²) in [4.78, 5) is 2.47. The highest BCUT2D eigenvalue weighted by atomic mass is 16.5. The molecule has 134 valence electrons. The lowest BCUT2D eigenvalue weighted by Crippen LogP contribution is -2.40. The third-order valence-electron chi connectivity index (χ3n) is 5.30. The van der Waals surface area contributed by atoms with Gasteiger partial charge in [0.25, 0.3) is 0 Å². The minimum Gasteiger partial charge on any atom is -0.490 e. The SMILES string of the molecule is OCC1CCCN(CCNCc2cccc(OC3CCCC3)c2)C1. The van der Waals surface area contributed by atoms with Gasteiger partial charge in [-0.25, -0.2) is 0 Å². The Labute approximate surface area is 146 Å². The molecule has 4 heteroatoms. The zero-order valence-corrected chi connectivity index (χ0v) is 14.8. The van der Waals surface area contributed by atoms with Gasteiger partial charge < -0.3 is 20.1 Å². The summed E-state index contributed by atoms with van der Waals surface area (Å²) in [6.07, 6.45) is 7.83. The maximum Gasteiger partial charge on any atom is 0.120 e. The van der Waals surface area contributed by atoms with Gasteiger partial charge in [0.2, 0.25) is 0 Å². The molecule has 0 bridgehead atoms. The molecule has 2 N–H and O–H groups in total. The van der Waals surface area contributed by atoms with E-state index in [4.69, 9.17) is 4.74 Å². The summed E-state index contributed by atoms with van der Waals surface area (Å²) < 4.78 is 6.08. The van der Waals surface area contributed by atoms with Crippen molar-refractivity contribution < 1.29 is 9.84 Å². The fraction of sp³-hybridized carbons (Fsp3) is 0.700. The number of aliphatic hydroxyl groups is 1. The number of ether oxygens (including phenoxy) is 1. The van der Waals surface area contributed by atoms with Crippen LogP contribution in [0.4, 0.5) is 0 Å². The summed E-state index contributed by atoms with van der Waals surface area (Å²) >= 11 is 0. The molecule has 2 aliphatic rings. The summed E-state index contributed by atoms with van der Waals surface area (Å²) in [5.41, 5.74) is 1.29. The van der Waals surface area contributed by atoms with Crippen LogP contribution in [0.25, 0.3) is 0 Å². The highest BCUT2D eigenvalue weighted by Gasteiger charge is 2.18. The largest absolute Gasteiger partial charge is 0.490 e. The third-order valence-corrected chi connectivity index (χ3v) is 5.30. The minimum absolute atomic E-state index is 0.331. The Balaban J connectivity index is 1.37. The average Bonchev–Trinajstić information content (AvgIpc) is 3.12. The molecule has 4 nitrogen and oxygen atoms in total. The van der Waals surface area contributed by atoms with Crippen molar-refractivity contribution in [2.75, 3.05) is 32.8 Å². The lowest BCUT2D eigenvalue weighted by Gasteiger charge is -2.31. The summed E-state index contributed by atoms with van der Waals surface area (Å²) in [5, 5.41) is 12.8. The van der Waals surface area contributed by atoms with Crippen LogP contribution >= 0.6 is 0 Å². The molecule has 0 amide bonds. The van der Waals surface area contributed by atoms with E-state index in [0.29, 0.717) is 18.6 Å². The van der Waals surface area contributed by atoms with Crippen LogP contribution in [0, 0.1) is 5.92 Å². The van der Waals surface area contributed by atoms with Gasteiger partial charge in [0, 0.05) is 32.8 Å². The fourth-order valence-corrected chi connectivity index (χ4v) is 3.90. The summed E-state index contributed by atoms with van der Waals surface area (Å²) in [5.74, 6) is 1.49. The number of nitrogens with one attached hydrogen (secondary N) is 1. The molecule has 1 unspecified atom stereocenters. The molecule has 0 aromatic heterocycles. The number of benzene rings is 1. The van der Waals surface area contributed by atoms with Crippen molar-refractivity contribution in [3.05, 3.63) is 29.8 Å². The number of rotatable bonds is 8. The van der Waals surface area contributed by atoms with E-state index in [0.717, 1.165) is 31.9 Å². The number of likely N-dealkylation sites (tertiary alicyclic amines) is 1. The first-order valence-corrected chi connectivity index (χ1v) is 9.63. The van der Waals surface area contributed by atoms with Crippen LogP contribution < -0.4 is 10.1 Å². The minimum atomic E-state index is 0.331. The molecule has 0 spiro atoms. The fourth-order valence-electron chi connectivity index (χ4n) is 3.90. The van der Waals surface area contributed by atoms with Gasteiger partial charge in [-0.1, -0.05) is 12.1 Å². The van der Waals surface area contributed by atoms with Crippen LogP contribution in [-0.4, -0.2) is 48.9 Å². The Hall–Kier alpha value is -1.10. The average molecular weight is 332 g/mol. The molecular formula is C20H32N2O2. The van der Waals surface area contributed by atoms with Crippen molar-refractivity contribution in [1.82, 2.24) is 10.2 Å². The third kappa shape index (κ3) is 5.47. The number of nitrogens with zero attached hydrogens (tertiary/aromatic N) is 1. The smallest absolute Gasteiger partial charge is 0.120 e. The van der Waals surface area contributed by atoms with Crippen molar-refractivity contribution >= 4 is 0 Å². The molecular weight excluding hydrogens is 300 g/mol. The van der Waals surface area contributed by atoms with Gasteiger partial charge in [-0.05, 0) is 68.7 Å². The van der Waals surface area contributed by atoms with Crippen LogP contribution in [0.15, 0.2) is 24.3 Å². The first kappa shape index (κ1) is 17.7. The Bertz CT molecular complexity index is 488. The monoisotopic (exact) mass is 332 g/mol. The molecule has 1 atom stereocenters. The molecule has 24 heavy (non-hydrogen) atoms. The van der Waals surface area contributed by atoms with Crippen LogP contribution in [0.1, 0.15) is 44.1 Å². The molecule has 3 rings (SSSR count). The van der Waals surface area contributed by atoms with E-state index in [9.17, 15) is 5.11 Å². The highest BCUT2D eigenvalue weighted by molar-refractivity contribution is 5.28. The van der Waals surface area contributed by atoms with E-state index in [1.807, 2.05) is 0 Å². The second kappa shape index (κ2) is 9.40. The quantitative estimate of drug-likeness (QED) is 0.719. The number of aliphatic hydroxyl groups excluding tert-OH is 1. The molecule has 0 radical (unpaired) electrons. The van der Waals surface area contributed by atoms with Gasteiger partial charge in [-0.2, -0.15) is 0 Å². The molecule has 1 aliphatic heterocycles. The second-order valence-electron chi connectivity index (χ2n) is 7.34. The first-order valence-electron chi connectivity index (χ1n) is 9.63. The van der Waals surface area contributed by atoms with E-state index < -0.39 is 0 Å². The summed E-state index contributed by atoms with van der Waals surface area (Å²) in [6.45, 7) is 5.49. The topological polar surface area (TPSA) is 44.7 Å². The Morgan fingerprint density at radius 1 is 1.17 bits per heavy atom. The summed E-state index contributed by atoms with van der Waals surface area (Å²) in [7, 11) is 0. The summed E-state index contributed by atoms with van der Waals surface area (Å²) in [6, 6.07) is 8.51. The molecule has 1 aromatic rings. The van der Waals surface area contributed by atoms with Crippen LogP contribution in [0.2, 0.25) is 0 Å². The van der Waals surface area contributed by atoms with E-state index in [-0.39, 0.29) is 0 Å². The zero-order chi connectivity index (χ0) is 16.6. The lowest BCUT2D eigenvalue weighted by molar-refractivity contribution is 0.121. The lowest BCUT2D eigenvalue weighted by atomic mass is 9.99. The van der Waals surface area contributed by atoms with Crippen LogP contribution in [-0.2, 0) is 6.54 Å². The van der Waals surface area contributed by atoms with Crippen molar-refractivity contribution in [2.45, 2.75) is 51.2 Å². The molecule has 1 saturated carbocycles. The highest BCUT2D eigenvalue weighted by Crippen LogP contribution is 2.24. The van der Waals surface area contributed by atoms with Gasteiger partial charge in [0.15, 0.2) is 0 Å². The van der Waals surface area contributed by atoms with E-state index in [1.54, 1.807) is 0 Å². The molecule has 1 saturated heterocycles. The molecule has 2 fully saturated rings. The maximum absolute atomic E-state index is 9.30. The van der Waals surface area contributed by atoms with Gasteiger partial charge in [-0.15, -0.1) is 0 Å². The van der Waals surface area contributed by atoms with Crippen molar-refractivity contribution in [1.29, 1.82) is 0 Å². The standard InChI is InChI=1S/C20H32N2O2/c23-16-18-6-4-11-22(15-18)12-10-21-14-17-5-3-9-20(13-17)24-19-7-1-2-8-19/h3,5,9,13,18-19,21,23H,1-2,4,6-8,10-12,14-16H2. The van der Waals surface area contributed by atoms with Crippen LogP contribution in [0.3, 0.4) is 0 Å². The zero-order valence-electron chi connectivity index (χ0n) is 14.8. The predicted molar refractivity (Wildman–Crippen MR) is 97.3 cm³/mol. The molecule has 1 aliphatic carbocycles. The van der Waals surface area contributed by atoms with Crippen LogP contribution in [0.5, 0.6) is 5.75 Å². The maximum atomic E-state index is 9.30. The first-order chi connectivity index (χ1) is 11.8. The normalized spacial score (nSPS) is 22.8. The predicted octanol–water partition coefficient (Wildman–Crippen LogP) is 2.80. The van der Waals surface area contributed by atoms with Gasteiger partial charge in [-0.3, -0.25) is 0 Å². The molecule has 1 heterocycles. The van der Waals surface area contributed by atoms with Gasteiger partial charge >= 0.3 is 0 Å². The van der Waals surface area contributed by atoms with E-state index in [2.05, 4.69) is 34.5 Å². The van der Waals surface area contributed by atoms with Crippen molar-refractivity contribution in [3.8, 4) is 5.75 Å². The van der Waals surface area contributed by atoms with E-state index in [1.165, 1.54) is 50.6 Å². The van der Waals surface area contributed by atoms with Crippen molar-refractivity contribution in [3.63, 3.8) is 0 Å². The van der Waals surface area contributed by atoms with Crippen molar-refractivity contribution in [2.24, 2.45) is 5.92 Å². The second-order valence-corrected chi connectivity index (χ2v) is 7.34. The number of hydrogen-bond donors (Lipinski definition) is 2. The van der Waals surface area contributed by atoms with E-state index >= 15 is 0 Å². The Morgan fingerprint density at radius 3 is 2.88 bits per heavy atom. The van der Waals surface area contributed by atoms with Gasteiger partial charge in [0.1, 0.15) is 5.75 Å². The number of hydrogen-bond acceptors (Lipinski definition) is 4. The molecule has 1 aromatic carbocycles. The van der Waals surface area contributed by atoms with Gasteiger partial charge in [0.05, 0.1) is 6.10 Å².